The molecule has 1 aromatic carbocycles. The number of methoxy groups -OCH3 is 1. The predicted octanol–water partition coefficient (Wildman–Crippen LogP) is 2.26. The third-order valence-electron chi connectivity index (χ3n) is 3.01. The summed E-state index contributed by atoms with van der Waals surface area (Å²) >= 11 is 0. The zero-order valence-corrected chi connectivity index (χ0v) is 10.5. The maximum atomic E-state index is 8.73. The highest BCUT2D eigenvalue weighted by Crippen LogP contribution is 2.26. The topological polar surface area (TPSA) is 51.5 Å². The highest BCUT2D eigenvalue weighted by atomic mass is 16.7. The Morgan fingerprint density at radius 3 is 2.50 bits per heavy atom. The van der Waals surface area contributed by atoms with Crippen molar-refractivity contribution in [3.63, 3.8) is 0 Å². The summed E-state index contributed by atoms with van der Waals surface area (Å²) in [6, 6.07) is 9.39. The van der Waals surface area contributed by atoms with Gasteiger partial charge in [0.15, 0.2) is 6.29 Å². The monoisotopic (exact) mass is 247 g/mol. The molecule has 0 amide bonds. The van der Waals surface area contributed by atoms with Gasteiger partial charge >= 0.3 is 0 Å². The molecule has 1 fully saturated rings. The minimum Gasteiger partial charge on any atom is -0.385 e. The van der Waals surface area contributed by atoms with E-state index in [0.717, 1.165) is 18.6 Å². The van der Waals surface area contributed by atoms with Gasteiger partial charge in [0.25, 0.3) is 0 Å². The summed E-state index contributed by atoms with van der Waals surface area (Å²) in [5, 5.41) is 8.73. The minimum atomic E-state index is -0.309. The van der Waals surface area contributed by atoms with E-state index in [-0.39, 0.29) is 6.29 Å². The van der Waals surface area contributed by atoms with E-state index in [4.69, 9.17) is 19.5 Å². The number of hydrogen-bond acceptors (Lipinski definition) is 4. The summed E-state index contributed by atoms with van der Waals surface area (Å²) in [6.07, 6.45) is 0.646. The molecule has 4 heteroatoms. The second-order valence-electron chi connectivity index (χ2n) is 4.38. The second-order valence-corrected chi connectivity index (χ2v) is 4.38. The van der Waals surface area contributed by atoms with E-state index in [1.807, 2.05) is 12.1 Å². The Bertz CT molecular complexity index is 402. The summed E-state index contributed by atoms with van der Waals surface area (Å²) in [6.45, 7) is 2.11. The van der Waals surface area contributed by atoms with Gasteiger partial charge < -0.3 is 14.2 Å². The van der Waals surface area contributed by atoms with Crippen LogP contribution in [0.4, 0.5) is 0 Å². The first-order valence-corrected chi connectivity index (χ1v) is 6.05. The number of ether oxygens (including phenoxy) is 3. The van der Waals surface area contributed by atoms with E-state index in [1.54, 1.807) is 19.2 Å². The zero-order chi connectivity index (χ0) is 12.8. The molecule has 96 valence electrons. The van der Waals surface area contributed by atoms with E-state index in [9.17, 15) is 0 Å². The third kappa shape index (κ3) is 3.30. The standard InChI is InChI=1S/C14H17NO3/c1-16-7-6-12-9-17-14(18-10-12)13-4-2-11(8-15)3-5-13/h2-5,12,14H,6-7,9-10H2,1H3. The first-order chi connectivity index (χ1) is 8.83. The van der Waals surface area contributed by atoms with Gasteiger partial charge in [-0.3, -0.25) is 0 Å². The average Bonchev–Trinajstić information content (AvgIpc) is 2.46. The molecule has 1 heterocycles. The molecule has 1 aliphatic rings. The molecular formula is C14H17NO3. The summed E-state index contributed by atoms with van der Waals surface area (Å²) in [5.74, 6) is 0.402. The summed E-state index contributed by atoms with van der Waals surface area (Å²) < 4.78 is 16.4. The van der Waals surface area contributed by atoms with E-state index in [1.165, 1.54) is 0 Å². The lowest BCUT2D eigenvalue weighted by Crippen LogP contribution is -2.27. The highest BCUT2D eigenvalue weighted by molar-refractivity contribution is 5.32. The molecule has 0 N–H and O–H groups in total. The van der Waals surface area contributed by atoms with Crippen LogP contribution in [0.15, 0.2) is 24.3 Å². The fourth-order valence-corrected chi connectivity index (χ4v) is 1.90. The van der Waals surface area contributed by atoms with Crippen molar-refractivity contribution in [2.75, 3.05) is 26.9 Å². The fraction of sp³-hybridized carbons (Fsp3) is 0.500. The SMILES string of the molecule is COCCC1COC(c2ccc(C#N)cc2)OC1. The van der Waals surface area contributed by atoms with Gasteiger partial charge in [0.1, 0.15) is 0 Å². The Morgan fingerprint density at radius 2 is 1.94 bits per heavy atom. The smallest absolute Gasteiger partial charge is 0.183 e. The van der Waals surface area contributed by atoms with Gasteiger partial charge in [0.2, 0.25) is 0 Å². The number of nitrogens with zero attached hydrogens (tertiary/aromatic N) is 1. The van der Waals surface area contributed by atoms with Crippen LogP contribution in [0, 0.1) is 17.2 Å². The van der Waals surface area contributed by atoms with Gasteiger partial charge in [-0.2, -0.15) is 5.26 Å². The largest absolute Gasteiger partial charge is 0.385 e. The predicted molar refractivity (Wildman–Crippen MR) is 65.8 cm³/mol. The zero-order valence-electron chi connectivity index (χ0n) is 10.5. The van der Waals surface area contributed by atoms with Gasteiger partial charge in [-0.05, 0) is 18.6 Å². The van der Waals surface area contributed by atoms with Crippen molar-refractivity contribution in [2.24, 2.45) is 5.92 Å². The molecule has 0 spiro atoms. The summed E-state index contributed by atoms with van der Waals surface area (Å²) in [7, 11) is 1.70. The normalized spacial score (nSPS) is 23.6. The van der Waals surface area contributed by atoms with Crippen molar-refractivity contribution in [2.45, 2.75) is 12.7 Å². The molecule has 0 bridgehead atoms. The summed E-state index contributed by atoms with van der Waals surface area (Å²) in [4.78, 5) is 0. The van der Waals surface area contributed by atoms with E-state index in [2.05, 4.69) is 6.07 Å². The van der Waals surface area contributed by atoms with Crippen molar-refractivity contribution >= 4 is 0 Å². The Labute approximate surface area is 107 Å². The molecule has 0 unspecified atom stereocenters. The Kier molecular flexibility index (Phi) is 4.71. The average molecular weight is 247 g/mol. The van der Waals surface area contributed by atoms with Crippen LogP contribution in [-0.2, 0) is 14.2 Å². The van der Waals surface area contributed by atoms with Crippen molar-refractivity contribution in [1.29, 1.82) is 5.26 Å². The van der Waals surface area contributed by atoms with Crippen LogP contribution in [-0.4, -0.2) is 26.9 Å². The molecule has 0 saturated carbocycles. The molecule has 0 aliphatic carbocycles. The molecule has 0 aromatic heterocycles. The van der Waals surface area contributed by atoms with Crippen molar-refractivity contribution < 1.29 is 14.2 Å². The van der Waals surface area contributed by atoms with Crippen LogP contribution in [0.1, 0.15) is 23.8 Å². The first-order valence-electron chi connectivity index (χ1n) is 6.05. The Hall–Kier alpha value is -1.41. The minimum absolute atomic E-state index is 0.309. The van der Waals surface area contributed by atoms with Crippen molar-refractivity contribution in [3.8, 4) is 6.07 Å². The third-order valence-corrected chi connectivity index (χ3v) is 3.01. The van der Waals surface area contributed by atoms with Crippen LogP contribution < -0.4 is 0 Å². The highest BCUT2D eigenvalue weighted by Gasteiger charge is 2.23. The van der Waals surface area contributed by atoms with Crippen molar-refractivity contribution in [1.82, 2.24) is 0 Å². The molecule has 0 atom stereocenters. The quantitative estimate of drug-likeness (QED) is 0.819. The Balaban J connectivity index is 1.87. The molecule has 1 aromatic rings. The van der Waals surface area contributed by atoms with Gasteiger partial charge in [-0.25, -0.2) is 0 Å². The van der Waals surface area contributed by atoms with E-state index in [0.29, 0.717) is 24.7 Å². The van der Waals surface area contributed by atoms with Gasteiger partial charge in [0.05, 0.1) is 24.8 Å². The molecule has 18 heavy (non-hydrogen) atoms. The molecule has 1 saturated heterocycles. The Morgan fingerprint density at radius 1 is 1.28 bits per heavy atom. The van der Waals surface area contributed by atoms with Crippen molar-refractivity contribution in [3.05, 3.63) is 35.4 Å². The molecule has 2 rings (SSSR count). The van der Waals surface area contributed by atoms with Crippen LogP contribution in [0.5, 0.6) is 0 Å². The maximum absolute atomic E-state index is 8.73. The number of hydrogen-bond donors (Lipinski definition) is 0. The molecular weight excluding hydrogens is 230 g/mol. The van der Waals surface area contributed by atoms with Gasteiger partial charge in [0, 0.05) is 25.2 Å². The van der Waals surface area contributed by atoms with Crippen LogP contribution in [0.25, 0.3) is 0 Å². The van der Waals surface area contributed by atoms with E-state index < -0.39 is 0 Å². The molecule has 4 nitrogen and oxygen atoms in total. The first kappa shape index (κ1) is 13.0. The molecule has 0 radical (unpaired) electrons. The lowest BCUT2D eigenvalue weighted by molar-refractivity contribution is -0.207. The molecule has 1 aliphatic heterocycles. The lowest BCUT2D eigenvalue weighted by Gasteiger charge is -2.29. The number of rotatable bonds is 4. The number of nitriles is 1. The van der Waals surface area contributed by atoms with Gasteiger partial charge in [-0.15, -0.1) is 0 Å². The number of benzene rings is 1. The lowest BCUT2D eigenvalue weighted by atomic mass is 10.1. The van der Waals surface area contributed by atoms with E-state index >= 15 is 0 Å². The maximum Gasteiger partial charge on any atom is 0.183 e. The second kappa shape index (κ2) is 6.50. The van der Waals surface area contributed by atoms with Gasteiger partial charge in [-0.1, -0.05) is 12.1 Å². The van der Waals surface area contributed by atoms with Crippen LogP contribution in [0.2, 0.25) is 0 Å². The van der Waals surface area contributed by atoms with Crippen LogP contribution in [0.3, 0.4) is 0 Å². The van der Waals surface area contributed by atoms with Crippen LogP contribution >= 0.6 is 0 Å². The fourth-order valence-electron chi connectivity index (χ4n) is 1.90. The summed E-state index contributed by atoms with van der Waals surface area (Å²) in [5.41, 5.74) is 1.60.